The summed E-state index contributed by atoms with van der Waals surface area (Å²) in [5.41, 5.74) is 0. The lowest BCUT2D eigenvalue weighted by Crippen LogP contribution is -2.69. The van der Waals surface area contributed by atoms with Crippen LogP contribution >= 0.6 is 0 Å². The summed E-state index contributed by atoms with van der Waals surface area (Å²) < 4.78 is 16.3. The van der Waals surface area contributed by atoms with Crippen molar-refractivity contribution in [1.82, 2.24) is 10.6 Å². The van der Waals surface area contributed by atoms with Crippen LogP contribution in [0.2, 0.25) is 0 Å². The minimum absolute atomic E-state index is 0.568. The lowest BCUT2D eigenvalue weighted by molar-refractivity contribution is -0.327. The normalized spacial score (nSPS) is 42.9. The summed E-state index contributed by atoms with van der Waals surface area (Å²) in [5, 5.41) is 64.5. The number of aliphatic hydroxyl groups is 6. The third-order valence-electron chi connectivity index (χ3n) is 4.78. The third-order valence-corrected chi connectivity index (χ3v) is 4.78. The first-order valence-electron chi connectivity index (χ1n) is 9.05. The molecule has 2 aliphatic rings. The van der Waals surface area contributed by atoms with Gasteiger partial charge in [0.2, 0.25) is 11.8 Å². The molecule has 2 rings (SSSR count). The van der Waals surface area contributed by atoms with Crippen molar-refractivity contribution in [3.63, 3.8) is 0 Å². The summed E-state index contributed by atoms with van der Waals surface area (Å²) in [5.74, 6) is -1.14. The summed E-state index contributed by atoms with van der Waals surface area (Å²) >= 11 is 0. The van der Waals surface area contributed by atoms with E-state index in [0.29, 0.717) is 0 Å². The minimum Gasteiger partial charge on any atom is -0.394 e. The van der Waals surface area contributed by atoms with Crippen LogP contribution in [0, 0.1) is 0 Å². The van der Waals surface area contributed by atoms with Crippen LogP contribution in [0.5, 0.6) is 0 Å². The van der Waals surface area contributed by atoms with Gasteiger partial charge in [-0.25, -0.2) is 0 Å². The molecular weight excluding hydrogens is 396 g/mol. The SMILES string of the molecule is CC(=O)NC1C(O)OC(CO)C(OC2OC(CO)C(O)[C@@H](O)C2NC(C)=O)C1O. The molecule has 13 nitrogen and oxygen atoms in total. The topological polar surface area (TPSA) is 207 Å². The van der Waals surface area contributed by atoms with E-state index >= 15 is 0 Å². The number of hydrogen-bond donors (Lipinski definition) is 8. The largest absolute Gasteiger partial charge is 0.394 e. The Morgan fingerprint density at radius 3 is 1.90 bits per heavy atom. The van der Waals surface area contributed by atoms with Crippen LogP contribution in [-0.4, -0.2) is 117 Å². The highest BCUT2D eigenvalue weighted by Crippen LogP contribution is 2.28. The minimum atomic E-state index is -1.64. The fourth-order valence-corrected chi connectivity index (χ4v) is 3.38. The molecule has 2 aliphatic heterocycles. The second-order valence-electron chi connectivity index (χ2n) is 7.00. The monoisotopic (exact) mass is 424 g/mol. The van der Waals surface area contributed by atoms with Crippen molar-refractivity contribution >= 4 is 11.8 Å². The first kappa shape index (κ1) is 23.9. The first-order valence-corrected chi connectivity index (χ1v) is 9.05. The lowest BCUT2D eigenvalue weighted by Gasteiger charge is -2.47. The molecule has 0 radical (unpaired) electrons. The van der Waals surface area contributed by atoms with Crippen molar-refractivity contribution in [1.29, 1.82) is 0 Å². The van der Waals surface area contributed by atoms with Gasteiger partial charge in [0.25, 0.3) is 0 Å². The maximum absolute atomic E-state index is 11.5. The summed E-state index contributed by atoms with van der Waals surface area (Å²) in [7, 11) is 0. The zero-order valence-electron chi connectivity index (χ0n) is 15.9. The molecule has 9 unspecified atom stereocenters. The van der Waals surface area contributed by atoms with Gasteiger partial charge in [-0.1, -0.05) is 0 Å². The van der Waals surface area contributed by atoms with Gasteiger partial charge >= 0.3 is 0 Å². The van der Waals surface area contributed by atoms with E-state index < -0.39 is 86.3 Å². The van der Waals surface area contributed by atoms with Gasteiger partial charge in [0, 0.05) is 13.8 Å². The van der Waals surface area contributed by atoms with Gasteiger partial charge in [-0.2, -0.15) is 0 Å². The van der Waals surface area contributed by atoms with Crippen LogP contribution in [0.4, 0.5) is 0 Å². The van der Waals surface area contributed by atoms with Crippen LogP contribution in [-0.2, 0) is 23.8 Å². The Morgan fingerprint density at radius 2 is 1.38 bits per heavy atom. The second-order valence-corrected chi connectivity index (χ2v) is 7.00. The van der Waals surface area contributed by atoms with Gasteiger partial charge in [0.1, 0.15) is 48.7 Å². The fraction of sp³-hybridized carbons (Fsp3) is 0.875. The number of nitrogens with one attached hydrogen (secondary N) is 2. The van der Waals surface area contributed by atoms with Gasteiger partial charge in [0.15, 0.2) is 12.6 Å². The molecule has 0 bridgehead atoms. The molecule has 2 saturated heterocycles. The van der Waals surface area contributed by atoms with Gasteiger partial charge < -0.3 is 55.5 Å². The maximum Gasteiger partial charge on any atom is 0.217 e. The predicted octanol–water partition coefficient (Wildman–Crippen LogP) is -5.11. The molecule has 8 N–H and O–H groups in total. The van der Waals surface area contributed by atoms with Crippen molar-refractivity contribution in [3.05, 3.63) is 0 Å². The van der Waals surface area contributed by atoms with E-state index in [1.54, 1.807) is 0 Å². The molecule has 168 valence electrons. The number of carbonyl (C=O) groups is 2. The highest BCUT2D eigenvalue weighted by molar-refractivity contribution is 5.73. The summed E-state index contributed by atoms with van der Waals surface area (Å²) in [6.07, 6.45) is -11.7. The highest BCUT2D eigenvalue weighted by Gasteiger charge is 2.51. The van der Waals surface area contributed by atoms with Crippen molar-refractivity contribution in [2.45, 2.75) is 75.1 Å². The summed E-state index contributed by atoms with van der Waals surface area (Å²) in [6.45, 7) is 0.962. The van der Waals surface area contributed by atoms with Gasteiger partial charge in [-0.3, -0.25) is 9.59 Å². The Morgan fingerprint density at radius 1 is 0.828 bits per heavy atom. The fourth-order valence-electron chi connectivity index (χ4n) is 3.38. The van der Waals surface area contributed by atoms with Gasteiger partial charge in [0.05, 0.1) is 13.2 Å². The van der Waals surface area contributed by atoms with Crippen LogP contribution < -0.4 is 10.6 Å². The highest BCUT2D eigenvalue weighted by atomic mass is 16.7. The molecule has 2 amide bonds. The molecule has 2 heterocycles. The lowest BCUT2D eigenvalue weighted by atomic mass is 9.94. The molecule has 0 aromatic heterocycles. The van der Waals surface area contributed by atoms with Crippen LogP contribution in [0.3, 0.4) is 0 Å². The van der Waals surface area contributed by atoms with Crippen LogP contribution in [0.1, 0.15) is 13.8 Å². The van der Waals surface area contributed by atoms with E-state index in [0.717, 1.165) is 13.8 Å². The number of rotatable bonds is 6. The Hall–Kier alpha value is -1.42. The third kappa shape index (κ3) is 5.39. The molecule has 0 spiro atoms. The van der Waals surface area contributed by atoms with Crippen molar-refractivity contribution < 1.29 is 54.4 Å². The Kier molecular flexibility index (Phi) is 8.28. The smallest absolute Gasteiger partial charge is 0.217 e. The van der Waals surface area contributed by atoms with E-state index in [9.17, 15) is 40.2 Å². The predicted molar refractivity (Wildman–Crippen MR) is 91.8 cm³/mol. The van der Waals surface area contributed by atoms with Crippen LogP contribution in [0.15, 0.2) is 0 Å². The second kappa shape index (κ2) is 10.1. The summed E-state index contributed by atoms with van der Waals surface area (Å²) in [4.78, 5) is 22.8. The molecule has 2 fully saturated rings. The average Bonchev–Trinajstić information content (AvgIpc) is 2.65. The van der Waals surface area contributed by atoms with Crippen molar-refractivity contribution in [2.24, 2.45) is 0 Å². The van der Waals surface area contributed by atoms with Crippen molar-refractivity contribution in [3.8, 4) is 0 Å². The molecule has 10 atom stereocenters. The zero-order valence-corrected chi connectivity index (χ0v) is 15.9. The Labute approximate surface area is 166 Å². The molecular formula is C16H28N2O11. The molecule has 0 aromatic rings. The maximum atomic E-state index is 11.5. The van der Waals surface area contributed by atoms with Crippen molar-refractivity contribution in [2.75, 3.05) is 13.2 Å². The quantitative estimate of drug-likeness (QED) is 0.202. The summed E-state index contributed by atoms with van der Waals surface area (Å²) in [6, 6.07) is -2.59. The molecule has 0 saturated carbocycles. The molecule has 0 aliphatic carbocycles. The number of aliphatic hydroxyl groups excluding tert-OH is 6. The number of amides is 2. The van der Waals surface area contributed by atoms with Crippen LogP contribution in [0.25, 0.3) is 0 Å². The van der Waals surface area contributed by atoms with E-state index in [1.807, 2.05) is 0 Å². The van der Waals surface area contributed by atoms with Gasteiger partial charge in [-0.15, -0.1) is 0 Å². The van der Waals surface area contributed by atoms with E-state index in [4.69, 9.17) is 14.2 Å². The molecule has 0 aromatic carbocycles. The average molecular weight is 424 g/mol. The first-order chi connectivity index (χ1) is 13.6. The standard InChI is InChI=1S/C16H28N2O11/c1-5(21)17-9-13(25)14(8(4-20)27-15(9)26)29-16-10(18-6(2)22)12(24)11(23)7(3-19)28-16/h7-16,19-20,23-26H,3-4H2,1-2H3,(H,17,21)(H,18,22)/t7?,8?,9?,10?,11?,12-,13?,14?,15?,16?/m0/s1. The number of hydrogen-bond acceptors (Lipinski definition) is 11. The van der Waals surface area contributed by atoms with E-state index in [-0.39, 0.29) is 0 Å². The van der Waals surface area contributed by atoms with E-state index in [1.165, 1.54) is 0 Å². The molecule has 29 heavy (non-hydrogen) atoms. The number of ether oxygens (including phenoxy) is 3. The number of carbonyl (C=O) groups excluding carboxylic acids is 2. The molecule has 13 heteroatoms. The Bertz CT molecular complexity index is 579. The Balaban J connectivity index is 2.26. The zero-order chi connectivity index (χ0) is 21.9. The van der Waals surface area contributed by atoms with E-state index in [2.05, 4.69) is 10.6 Å². The van der Waals surface area contributed by atoms with Gasteiger partial charge in [-0.05, 0) is 0 Å².